The minimum atomic E-state index is -0.646. The number of primary amides is 1. The van der Waals surface area contributed by atoms with E-state index < -0.39 is 5.91 Å². The molecule has 4 rings (SSSR count). The molecule has 3 heterocycles. The van der Waals surface area contributed by atoms with Gasteiger partial charge in [-0.15, -0.1) is 5.10 Å². The van der Waals surface area contributed by atoms with E-state index in [1.54, 1.807) is 35.9 Å². The van der Waals surface area contributed by atoms with Crippen LogP contribution in [-0.4, -0.2) is 38.3 Å². The van der Waals surface area contributed by atoms with Crippen LogP contribution in [0.15, 0.2) is 36.4 Å². The molecular weight excluding hydrogens is 375 g/mol. The number of amides is 2. The molecule has 3 aromatic rings. The van der Waals surface area contributed by atoms with Crippen molar-refractivity contribution in [3.8, 4) is 0 Å². The van der Waals surface area contributed by atoms with Gasteiger partial charge in [0.15, 0.2) is 5.69 Å². The maximum Gasteiger partial charge on any atom is 0.281 e. The average molecular weight is 394 g/mol. The summed E-state index contributed by atoms with van der Waals surface area (Å²) in [5.41, 5.74) is 7.98. The molecule has 29 heavy (non-hydrogen) atoms. The Morgan fingerprint density at radius 3 is 2.66 bits per heavy atom. The Balaban J connectivity index is 1.63. The van der Waals surface area contributed by atoms with Gasteiger partial charge in [-0.25, -0.2) is 14.1 Å². The fraction of sp³-hybridized carbons (Fsp3) is 0.250. The Labute approximate surface area is 166 Å². The lowest BCUT2D eigenvalue weighted by atomic mass is 10.0. The van der Waals surface area contributed by atoms with Crippen molar-refractivity contribution in [3.63, 3.8) is 0 Å². The first-order valence-electron chi connectivity index (χ1n) is 9.20. The van der Waals surface area contributed by atoms with Gasteiger partial charge in [0.1, 0.15) is 17.3 Å². The largest absolute Gasteiger partial charge is 0.364 e. The van der Waals surface area contributed by atoms with Crippen LogP contribution < -0.4 is 10.6 Å². The maximum atomic E-state index is 13.2. The van der Waals surface area contributed by atoms with Crippen LogP contribution in [0.5, 0.6) is 0 Å². The van der Waals surface area contributed by atoms with Gasteiger partial charge in [-0.1, -0.05) is 23.4 Å². The summed E-state index contributed by atoms with van der Waals surface area (Å²) in [6, 6.07) is 9.42. The lowest BCUT2D eigenvalue weighted by Crippen LogP contribution is -2.37. The molecule has 1 aliphatic heterocycles. The first-order valence-corrected chi connectivity index (χ1v) is 9.20. The molecular formula is C20H19FN6O2. The van der Waals surface area contributed by atoms with Crippen molar-refractivity contribution in [1.82, 2.24) is 20.0 Å². The Morgan fingerprint density at radius 1 is 1.17 bits per heavy atom. The Kier molecular flexibility index (Phi) is 4.79. The second-order valence-corrected chi connectivity index (χ2v) is 6.91. The molecule has 148 valence electrons. The van der Waals surface area contributed by atoms with E-state index in [0.29, 0.717) is 24.6 Å². The van der Waals surface area contributed by atoms with Crippen LogP contribution in [0.4, 0.5) is 10.2 Å². The van der Waals surface area contributed by atoms with Crippen LogP contribution in [0.25, 0.3) is 0 Å². The normalized spacial score (nSPS) is 13.2. The summed E-state index contributed by atoms with van der Waals surface area (Å²) in [4.78, 5) is 30.5. The molecule has 0 aliphatic carbocycles. The molecule has 8 nitrogen and oxygen atoms in total. The number of hydrogen-bond donors (Lipinski definition) is 1. The number of carbonyl (C=O) groups excluding carboxylic acids is 2. The molecule has 0 unspecified atom stereocenters. The van der Waals surface area contributed by atoms with Crippen LogP contribution in [0.1, 0.15) is 44.2 Å². The van der Waals surface area contributed by atoms with Gasteiger partial charge in [0.05, 0.1) is 12.2 Å². The number of benzene rings is 1. The topological polar surface area (TPSA) is 107 Å². The second kappa shape index (κ2) is 7.42. The molecule has 0 bridgehead atoms. The maximum absolute atomic E-state index is 13.2. The molecule has 2 amide bonds. The number of pyridine rings is 1. The molecule has 2 aromatic heterocycles. The van der Waals surface area contributed by atoms with Gasteiger partial charge < -0.3 is 5.73 Å². The fourth-order valence-corrected chi connectivity index (χ4v) is 3.37. The molecule has 1 aromatic carbocycles. The molecule has 9 heteroatoms. The van der Waals surface area contributed by atoms with Gasteiger partial charge in [0.2, 0.25) is 0 Å². The highest BCUT2D eigenvalue weighted by Gasteiger charge is 2.29. The minimum Gasteiger partial charge on any atom is -0.364 e. The van der Waals surface area contributed by atoms with Crippen LogP contribution in [-0.2, 0) is 13.0 Å². The summed E-state index contributed by atoms with van der Waals surface area (Å²) in [6.07, 6.45) is 1.54. The molecule has 0 saturated heterocycles. The number of aromatic nitrogens is 4. The lowest BCUT2D eigenvalue weighted by Gasteiger charge is -2.28. The number of aryl methyl sites for hydroxylation is 1. The van der Waals surface area contributed by atoms with E-state index in [4.69, 9.17) is 5.73 Å². The highest BCUT2D eigenvalue weighted by molar-refractivity contribution is 6.05. The van der Waals surface area contributed by atoms with Crippen molar-refractivity contribution in [3.05, 3.63) is 70.4 Å². The zero-order chi connectivity index (χ0) is 20.5. The predicted molar refractivity (Wildman–Crippen MR) is 103 cm³/mol. The van der Waals surface area contributed by atoms with Gasteiger partial charge in [0.25, 0.3) is 11.8 Å². The van der Waals surface area contributed by atoms with E-state index in [2.05, 4.69) is 15.3 Å². The van der Waals surface area contributed by atoms with Gasteiger partial charge in [-0.05, 0) is 49.1 Å². The highest BCUT2D eigenvalue weighted by atomic mass is 19.1. The first-order chi connectivity index (χ1) is 13.9. The van der Waals surface area contributed by atoms with E-state index in [-0.39, 0.29) is 23.1 Å². The van der Waals surface area contributed by atoms with Crippen LogP contribution in [0.2, 0.25) is 0 Å². The quantitative estimate of drug-likeness (QED) is 0.727. The van der Waals surface area contributed by atoms with Gasteiger partial charge in [-0.3, -0.25) is 14.5 Å². The van der Waals surface area contributed by atoms with E-state index in [1.807, 2.05) is 0 Å². The Bertz CT molecular complexity index is 1090. The number of carbonyl (C=O) groups is 2. The van der Waals surface area contributed by atoms with Gasteiger partial charge in [-0.2, -0.15) is 0 Å². The zero-order valence-electron chi connectivity index (χ0n) is 15.8. The summed E-state index contributed by atoms with van der Waals surface area (Å²) in [6.45, 7) is 2.59. The molecule has 0 atom stereocenters. The van der Waals surface area contributed by atoms with Crippen molar-refractivity contribution >= 4 is 17.6 Å². The summed E-state index contributed by atoms with van der Waals surface area (Å²) in [7, 11) is 0. The van der Waals surface area contributed by atoms with E-state index in [1.165, 1.54) is 17.0 Å². The molecule has 0 spiro atoms. The number of anilines is 1. The van der Waals surface area contributed by atoms with Gasteiger partial charge in [0, 0.05) is 6.54 Å². The standard InChI is InChI=1S/C20H19FN6O2/c1-12-17(24-25-27(12)11-13-4-7-15(21)8-5-13)20(29)26-10-2-3-14-6-9-16(18(22)28)23-19(14)26/h4-9H,2-3,10-11H2,1H3,(H2,22,28). The van der Waals surface area contributed by atoms with Crippen molar-refractivity contribution in [2.75, 3.05) is 11.4 Å². The highest BCUT2D eigenvalue weighted by Crippen LogP contribution is 2.27. The van der Waals surface area contributed by atoms with Crippen molar-refractivity contribution in [1.29, 1.82) is 0 Å². The average Bonchev–Trinajstić information content (AvgIpc) is 3.08. The number of hydrogen-bond acceptors (Lipinski definition) is 5. The third-order valence-corrected chi connectivity index (χ3v) is 4.97. The third-order valence-electron chi connectivity index (χ3n) is 4.97. The van der Waals surface area contributed by atoms with E-state index in [0.717, 1.165) is 24.0 Å². The van der Waals surface area contributed by atoms with Crippen molar-refractivity contribution < 1.29 is 14.0 Å². The fourth-order valence-electron chi connectivity index (χ4n) is 3.37. The number of rotatable bonds is 4. The van der Waals surface area contributed by atoms with Crippen LogP contribution in [0, 0.1) is 12.7 Å². The summed E-state index contributed by atoms with van der Waals surface area (Å²) in [5, 5.41) is 8.15. The molecule has 0 radical (unpaired) electrons. The molecule has 2 N–H and O–H groups in total. The number of nitrogens with zero attached hydrogens (tertiary/aromatic N) is 5. The molecule has 0 fully saturated rings. The Hall–Kier alpha value is -3.62. The molecule has 0 saturated carbocycles. The summed E-state index contributed by atoms with van der Waals surface area (Å²) >= 11 is 0. The third kappa shape index (κ3) is 3.58. The second-order valence-electron chi connectivity index (χ2n) is 6.91. The van der Waals surface area contributed by atoms with Crippen molar-refractivity contribution in [2.45, 2.75) is 26.3 Å². The molecule has 1 aliphatic rings. The van der Waals surface area contributed by atoms with E-state index >= 15 is 0 Å². The van der Waals surface area contributed by atoms with Crippen molar-refractivity contribution in [2.24, 2.45) is 5.73 Å². The monoisotopic (exact) mass is 394 g/mol. The summed E-state index contributed by atoms with van der Waals surface area (Å²) < 4.78 is 14.7. The smallest absolute Gasteiger partial charge is 0.281 e. The lowest BCUT2D eigenvalue weighted by molar-refractivity contribution is 0.0971. The van der Waals surface area contributed by atoms with E-state index in [9.17, 15) is 14.0 Å². The SMILES string of the molecule is Cc1c(C(=O)N2CCCc3ccc(C(N)=O)nc32)nnn1Cc1ccc(F)cc1. The zero-order valence-corrected chi connectivity index (χ0v) is 15.8. The van der Waals surface area contributed by atoms with Crippen LogP contribution >= 0.6 is 0 Å². The minimum absolute atomic E-state index is 0.111. The predicted octanol–water partition coefficient (Wildman–Crippen LogP) is 1.86. The van der Waals surface area contributed by atoms with Gasteiger partial charge >= 0.3 is 0 Å². The number of nitrogens with two attached hydrogens (primary N) is 1. The summed E-state index contributed by atoms with van der Waals surface area (Å²) in [5.74, 6) is -0.855. The Morgan fingerprint density at radius 2 is 1.93 bits per heavy atom. The number of fused-ring (bicyclic) bond motifs is 1. The first kappa shape index (κ1) is 18.7. The number of halogens is 1. The van der Waals surface area contributed by atoms with Crippen LogP contribution in [0.3, 0.4) is 0 Å².